The summed E-state index contributed by atoms with van der Waals surface area (Å²) in [5.74, 6) is -0.132. The van der Waals surface area contributed by atoms with Gasteiger partial charge in [0.2, 0.25) is 5.91 Å². The Labute approximate surface area is 127 Å². The third kappa shape index (κ3) is 6.43. The highest BCUT2D eigenvalue weighted by Crippen LogP contribution is 2.09. The molecular formula is C13H27ClN4O2. The van der Waals surface area contributed by atoms with Gasteiger partial charge in [-0.3, -0.25) is 4.79 Å². The van der Waals surface area contributed by atoms with E-state index >= 15 is 0 Å². The Morgan fingerprint density at radius 3 is 2.70 bits per heavy atom. The molecule has 0 spiro atoms. The molecule has 0 aliphatic carbocycles. The molecule has 20 heavy (non-hydrogen) atoms. The summed E-state index contributed by atoms with van der Waals surface area (Å²) < 4.78 is 0. The molecule has 1 saturated heterocycles. The van der Waals surface area contributed by atoms with Gasteiger partial charge in [-0.1, -0.05) is 19.8 Å². The number of halogens is 1. The fraction of sp³-hybridized carbons (Fsp3) is 0.846. The zero-order valence-corrected chi connectivity index (χ0v) is 13.1. The summed E-state index contributed by atoms with van der Waals surface area (Å²) in [4.78, 5) is 23.1. The first-order valence-corrected chi connectivity index (χ1v) is 7.14. The number of rotatable bonds is 6. The summed E-state index contributed by atoms with van der Waals surface area (Å²) >= 11 is 0. The van der Waals surface area contributed by atoms with Crippen LogP contribution >= 0.6 is 12.4 Å². The molecule has 0 bridgehead atoms. The number of amides is 3. The van der Waals surface area contributed by atoms with E-state index in [1.807, 2.05) is 6.92 Å². The van der Waals surface area contributed by atoms with E-state index in [1.54, 1.807) is 0 Å². The molecule has 1 fully saturated rings. The molecule has 1 rings (SSSR count). The maximum absolute atomic E-state index is 12.2. The molecule has 0 aromatic rings. The fourth-order valence-corrected chi connectivity index (χ4v) is 2.37. The first kappa shape index (κ1) is 19.0. The Balaban J connectivity index is 0.00000361. The van der Waals surface area contributed by atoms with Crippen LogP contribution in [-0.4, -0.2) is 36.6 Å². The maximum Gasteiger partial charge on any atom is 0.312 e. The zero-order valence-electron chi connectivity index (χ0n) is 12.3. The molecule has 1 heterocycles. The van der Waals surface area contributed by atoms with Gasteiger partial charge in [-0.05, 0) is 32.7 Å². The summed E-state index contributed by atoms with van der Waals surface area (Å²) in [5, 5.41) is 8.87. The molecule has 0 aromatic carbocycles. The molecule has 1 aliphatic heterocycles. The Hall–Kier alpha value is -1.01. The van der Waals surface area contributed by atoms with Gasteiger partial charge in [-0.2, -0.15) is 0 Å². The van der Waals surface area contributed by atoms with Crippen molar-refractivity contribution < 1.29 is 9.59 Å². The van der Waals surface area contributed by atoms with Gasteiger partial charge >= 0.3 is 6.03 Å². The van der Waals surface area contributed by atoms with Crippen molar-refractivity contribution in [3.63, 3.8) is 0 Å². The Kier molecular flexibility index (Phi) is 9.33. The van der Waals surface area contributed by atoms with Crippen molar-refractivity contribution in [1.82, 2.24) is 16.0 Å². The topological polar surface area (TPSA) is 96.2 Å². The van der Waals surface area contributed by atoms with Crippen LogP contribution in [0, 0.1) is 0 Å². The molecule has 0 aromatic heterocycles. The van der Waals surface area contributed by atoms with Crippen LogP contribution in [0.1, 0.15) is 46.0 Å². The minimum Gasteiger partial charge on any atom is -0.352 e. The lowest BCUT2D eigenvalue weighted by molar-refractivity contribution is -0.124. The summed E-state index contributed by atoms with van der Waals surface area (Å²) in [6.45, 7) is 5.10. The lowest BCUT2D eigenvalue weighted by Gasteiger charge is -2.32. The van der Waals surface area contributed by atoms with Crippen LogP contribution in [0.2, 0.25) is 0 Å². The number of hydrogen-bond acceptors (Lipinski definition) is 3. The van der Waals surface area contributed by atoms with Gasteiger partial charge in [0.05, 0.1) is 0 Å². The number of urea groups is 1. The van der Waals surface area contributed by atoms with E-state index in [0.29, 0.717) is 6.42 Å². The van der Waals surface area contributed by atoms with E-state index in [9.17, 15) is 9.59 Å². The fourth-order valence-electron chi connectivity index (χ4n) is 2.37. The number of hydrogen-bond donors (Lipinski definition) is 4. The molecule has 0 saturated carbocycles. The summed E-state index contributed by atoms with van der Waals surface area (Å²) in [5.41, 5.74) is 5.12. The summed E-state index contributed by atoms with van der Waals surface area (Å²) in [6, 6.07) is -0.782. The van der Waals surface area contributed by atoms with E-state index in [4.69, 9.17) is 5.73 Å². The van der Waals surface area contributed by atoms with Crippen molar-refractivity contribution in [2.24, 2.45) is 5.73 Å². The van der Waals surface area contributed by atoms with E-state index in [1.165, 1.54) is 0 Å². The second kappa shape index (κ2) is 9.83. The second-order valence-electron chi connectivity index (χ2n) is 5.20. The Bertz CT molecular complexity index is 315. The number of carbonyl (C=O) groups is 2. The maximum atomic E-state index is 12.2. The van der Waals surface area contributed by atoms with Crippen LogP contribution in [-0.2, 0) is 4.79 Å². The number of piperidine rings is 1. The number of unbranched alkanes of at least 4 members (excludes halogenated alkanes) is 1. The molecule has 118 valence electrons. The predicted octanol–water partition coefficient (Wildman–Crippen LogP) is 0.892. The molecule has 3 amide bonds. The van der Waals surface area contributed by atoms with Gasteiger partial charge in [0.15, 0.2) is 0 Å². The van der Waals surface area contributed by atoms with Crippen molar-refractivity contribution in [2.45, 2.75) is 64.1 Å². The van der Waals surface area contributed by atoms with Crippen molar-refractivity contribution in [3.05, 3.63) is 0 Å². The number of nitrogens with one attached hydrogen (secondary N) is 3. The van der Waals surface area contributed by atoms with Gasteiger partial charge in [0, 0.05) is 12.1 Å². The molecule has 7 heteroatoms. The zero-order chi connectivity index (χ0) is 14.3. The monoisotopic (exact) mass is 306 g/mol. The molecule has 5 N–H and O–H groups in total. The Morgan fingerprint density at radius 1 is 1.45 bits per heavy atom. The Morgan fingerprint density at radius 2 is 2.15 bits per heavy atom. The van der Waals surface area contributed by atoms with Crippen molar-refractivity contribution in [3.8, 4) is 0 Å². The molecule has 0 radical (unpaired) electrons. The van der Waals surface area contributed by atoms with E-state index in [2.05, 4.69) is 22.9 Å². The quantitative estimate of drug-likeness (QED) is 0.587. The highest BCUT2D eigenvalue weighted by molar-refractivity contribution is 5.86. The SMILES string of the molecule is CCCCC(NC(N)=O)C(=O)NC1CCCNC1C.Cl. The van der Waals surface area contributed by atoms with Gasteiger partial charge in [-0.25, -0.2) is 4.79 Å². The third-order valence-corrected chi connectivity index (χ3v) is 3.57. The average Bonchev–Trinajstić information content (AvgIpc) is 2.36. The van der Waals surface area contributed by atoms with Crippen molar-refractivity contribution in [1.29, 1.82) is 0 Å². The van der Waals surface area contributed by atoms with Crippen LogP contribution in [0.15, 0.2) is 0 Å². The minimum absolute atomic E-state index is 0. The van der Waals surface area contributed by atoms with E-state index in [-0.39, 0.29) is 30.4 Å². The third-order valence-electron chi connectivity index (χ3n) is 3.57. The number of nitrogens with two attached hydrogens (primary N) is 1. The first-order chi connectivity index (χ1) is 9.04. The molecule has 6 nitrogen and oxygen atoms in total. The summed E-state index contributed by atoms with van der Waals surface area (Å²) in [6.07, 6.45) is 4.51. The van der Waals surface area contributed by atoms with Crippen LogP contribution in [0.25, 0.3) is 0 Å². The lowest BCUT2D eigenvalue weighted by atomic mass is 9.99. The molecular weight excluding hydrogens is 280 g/mol. The van der Waals surface area contributed by atoms with Crippen molar-refractivity contribution in [2.75, 3.05) is 6.54 Å². The van der Waals surface area contributed by atoms with Crippen molar-refractivity contribution >= 4 is 24.3 Å². The highest BCUT2D eigenvalue weighted by atomic mass is 35.5. The number of carbonyl (C=O) groups excluding carboxylic acids is 2. The van der Waals surface area contributed by atoms with Gasteiger partial charge in [0.25, 0.3) is 0 Å². The first-order valence-electron chi connectivity index (χ1n) is 7.14. The van der Waals surface area contributed by atoms with E-state index < -0.39 is 12.1 Å². The van der Waals surface area contributed by atoms with Gasteiger partial charge in [-0.15, -0.1) is 12.4 Å². The standard InChI is InChI=1S/C13H26N4O2.ClH/c1-3-4-6-11(17-13(14)19)12(18)16-10-7-5-8-15-9(10)2;/h9-11,15H,3-8H2,1-2H3,(H,16,18)(H3,14,17,19);1H. The van der Waals surface area contributed by atoms with Gasteiger partial charge < -0.3 is 21.7 Å². The van der Waals surface area contributed by atoms with Crippen LogP contribution in [0.4, 0.5) is 4.79 Å². The predicted molar refractivity (Wildman–Crippen MR) is 81.9 cm³/mol. The largest absolute Gasteiger partial charge is 0.352 e. The smallest absolute Gasteiger partial charge is 0.312 e. The highest BCUT2D eigenvalue weighted by Gasteiger charge is 2.26. The molecule has 1 aliphatic rings. The minimum atomic E-state index is -0.647. The summed E-state index contributed by atoms with van der Waals surface area (Å²) in [7, 11) is 0. The van der Waals surface area contributed by atoms with Crippen LogP contribution in [0.5, 0.6) is 0 Å². The van der Waals surface area contributed by atoms with Gasteiger partial charge in [0.1, 0.15) is 6.04 Å². The number of primary amides is 1. The molecule has 3 atom stereocenters. The molecule has 3 unspecified atom stereocenters. The van der Waals surface area contributed by atoms with E-state index in [0.717, 1.165) is 32.2 Å². The van der Waals surface area contributed by atoms with Crippen LogP contribution < -0.4 is 21.7 Å². The lowest BCUT2D eigenvalue weighted by Crippen LogP contribution is -2.57. The second-order valence-corrected chi connectivity index (χ2v) is 5.20. The normalized spacial score (nSPS) is 23.3. The van der Waals surface area contributed by atoms with Crippen LogP contribution in [0.3, 0.4) is 0 Å². The average molecular weight is 307 g/mol.